The van der Waals surface area contributed by atoms with Crippen LogP contribution in [0.5, 0.6) is 0 Å². The molecule has 0 saturated heterocycles. The van der Waals surface area contributed by atoms with Gasteiger partial charge in [-0.2, -0.15) is 0 Å². The lowest BCUT2D eigenvalue weighted by atomic mass is 9.77. The van der Waals surface area contributed by atoms with E-state index in [2.05, 4.69) is 62.5 Å². The molecule has 1 N–H and O–H groups in total. The maximum Gasteiger partial charge on any atom is 0.0208 e. The number of aryl methyl sites for hydroxylation is 3. The van der Waals surface area contributed by atoms with Gasteiger partial charge in [0, 0.05) is 19.0 Å². The van der Waals surface area contributed by atoms with Crippen molar-refractivity contribution in [2.24, 2.45) is 0 Å². The monoisotopic (exact) mass is 265 g/mol. The van der Waals surface area contributed by atoms with Crippen LogP contribution in [0, 0.1) is 20.8 Å². The standard InChI is InChI=1S/C19H23N/c1-13-8-15(3)17(9-14(13)2)11-20-12-18-10-16-6-4-5-7-19(16)18/h4-9,18,20H,10-12H2,1-3H3. The minimum Gasteiger partial charge on any atom is -0.312 e. The van der Waals surface area contributed by atoms with E-state index in [1.54, 1.807) is 0 Å². The topological polar surface area (TPSA) is 12.0 Å². The normalized spacial score (nSPS) is 16.6. The van der Waals surface area contributed by atoms with Crippen LogP contribution >= 0.6 is 0 Å². The molecule has 0 radical (unpaired) electrons. The summed E-state index contributed by atoms with van der Waals surface area (Å²) in [7, 11) is 0. The molecule has 0 bridgehead atoms. The van der Waals surface area contributed by atoms with Gasteiger partial charge in [-0.1, -0.05) is 36.4 Å². The molecule has 0 heterocycles. The van der Waals surface area contributed by atoms with Crippen LogP contribution in [0.2, 0.25) is 0 Å². The van der Waals surface area contributed by atoms with E-state index in [0.29, 0.717) is 5.92 Å². The summed E-state index contributed by atoms with van der Waals surface area (Å²) in [4.78, 5) is 0. The van der Waals surface area contributed by atoms with Crippen molar-refractivity contribution >= 4 is 0 Å². The second-order valence-corrected chi connectivity index (χ2v) is 6.09. The molecule has 0 saturated carbocycles. The van der Waals surface area contributed by atoms with Crippen LogP contribution in [0.15, 0.2) is 36.4 Å². The number of rotatable bonds is 4. The Morgan fingerprint density at radius 2 is 1.75 bits per heavy atom. The third kappa shape index (κ3) is 2.51. The lowest BCUT2D eigenvalue weighted by Crippen LogP contribution is -2.29. The van der Waals surface area contributed by atoms with Gasteiger partial charge in [0.2, 0.25) is 0 Å². The Kier molecular flexibility index (Phi) is 3.62. The Hall–Kier alpha value is -1.60. The highest BCUT2D eigenvalue weighted by molar-refractivity contribution is 5.40. The minimum atomic E-state index is 0.707. The quantitative estimate of drug-likeness (QED) is 0.879. The van der Waals surface area contributed by atoms with Crippen molar-refractivity contribution < 1.29 is 0 Å². The molecule has 1 aliphatic rings. The zero-order valence-corrected chi connectivity index (χ0v) is 12.7. The van der Waals surface area contributed by atoms with Crippen molar-refractivity contribution in [2.45, 2.75) is 39.7 Å². The first-order valence-corrected chi connectivity index (χ1v) is 7.50. The second kappa shape index (κ2) is 5.41. The summed E-state index contributed by atoms with van der Waals surface area (Å²) in [5.41, 5.74) is 8.68. The fraction of sp³-hybridized carbons (Fsp3) is 0.368. The maximum atomic E-state index is 3.63. The lowest BCUT2D eigenvalue weighted by Gasteiger charge is -2.30. The van der Waals surface area contributed by atoms with Gasteiger partial charge in [0.05, 0.1) is 0 Å². The Morgan fingerprint density at radius 1 is 1.00 bits per heavy atom. The smallest absolute Gasteiger partial charge is 0.0208 e. The van der Waals surface area contributed by atoms with Crippen molar-refractivity contribution in [2.75, 3.05) is 6.54 Å². The number of benzene rings is 2. The fourth-order valence-electron chi connectivity index (χ4n) is 3.14. The molecule has 0 amide bonds. The Bertz CT molecular complexity index is 628. The summed E-state index contributed by atoms with van der Waals surface area (Å²) in [6.07, 6.45) is 1.23. The molecule has 3 rings (SSSR count). The third-order valence-corrected chi connectivity index (χ3v) is 4.62. The van der Waals surface area contributed by atoms with E-state index < -0.39 is 0 Å². The molecule has 104 valence electrons. The maximum absolute atomic E-state index is 3.63. The molecule has 20 heavy (non-hydrogen) atoms. The first kappa shape index (κ1) is 13.4. The van der Waals surface area contributed by atoms with E-state index in [1.807, 2.05) is 0 Å². The van der Waals surface area contributed by atoms with Crippen LogP contribution in [-0.2, 0) is 13.0 Å². The highest BCUT2D eigenvalue weighted by Crippen LogP contribution is 2.34. The average Bonchev–Trinajstić information content (AvgIpc) is 2.40. The molecule has 2 aromatic rings. The number of hydrogen-bond acceptors (Lipinski definition) is 1. The van der Waals surface area contributed by atoms with Gasteiger partial charge in [0.1, 0.15) is 0 Å². The molecule has 2 aromatic carbocycles. The summed E-state index contributed by atoms with van der Waals surface area (Å²) in [6, 6.07) is 13.4. The number of nitrogens with one attached hydrogen (secondary N) is 1. The Labute approximate surface area is 122 Å². The van der Waals surface area contributed by atoms with Crippen LogP contribution < -0.4 is 5.32 Å². The number of hydrogen-bond donors (Lipinski definition) is 1. The van der Waals surface area contributed by atoms with Gasteiger partial charge in [-0.3, -0.25) is 0 Å². The predicted octanol–water partition coefficient (Wildman–Crippen LogP) is 4.04. The Morgan fingerprint density at radius 3 is 2.55 bits per heavy atom. The van der Waals surface area contributed by atoms with Crippen molar-refractivity contribution in [3.8, 4) is 0 Å². The third-order valence-electron chi connectivity index (χ3n) is 4.62. The summed E-state index contributed by atoms with van der Waals surface area (Å²) >= 11 is 0. The SMILES string of the molecule is Cc1cc(C)c(CNCC2Cc3ccccc32)cc1C. The van der Waals surface area contributed by atoms with E-state index in [4.69, 9.17) is 0 Å². The van der Waals surface area contributed by atoms with Crippen LogP contribution in [0.1, 0.15) is 39.3 Å². The predicted molar refractivity (Wildman–Crippen MR) is 85.2 cm³/mol. The molecule has 1 atom stereocenters. The van der Waals surface area contributed by atoms with Crippen molar-refractivity contribution in [3.05, 3.63) is 69.8 Å². The van der Waals surface area contributed by atoms with Gasteiger partial charge in [-0.05, 0) is 60.6 Å². The van der Waals surface area contributed by atoms with Gasteiger partial charge in [0.15, 0.2) is 0 Å². The molecule has 1 unspecified atom stereocenters. The molecular formula is C19H23N. The van der Waals surface area contributed by atoms with Gasteiger partial charge in [0.25, 0.3) is 0 Å². The summed E-state index contributed by atoms with van der Waals surface area (Å²) < 4.78 is 0. The minimum absolute atomic E-state index is 0.707. The van der Waals surface area contributed by atoms with E-state index in [1.165, 1.54) is 39.8 Å². The van der Waals surface area contributed by atoms with Gasteiger partial charge >= 0.3 is 0 Å². The molecular weight excluding hydrogens is 242 g/mol. The van der Waals surface area contributed by atoms with Crippen LogP contribution in [0.25, 0.3) is 0 Å². The van der Waals surface area contributed by atoms with Gasteiger partial charge < -0.3 is 5.32 Å². The van der Waals surface area contributed by atoms with E-state index in [9.17, 15) is 0 Å². The average molecular weight is 265 g/mol. The summed E-state index contributed by atoms with van der Waals surface area (Å²) in [6.45, 7) is 8.66. The molecule has 1 heteroatoms. The zero-order chi connectivity index (χ0) is 14.1. The number of fused-ring (bicyclic) bond motifs is 1. The van der Waals surface area contributed by atoms with Gasteiger partial charge in [-0.25, -0.2) is 0 Å². The molecule has 0 aliphatic heterocycles. The van der Waals surface area contributed by atoms with Crippen LogP contribution in [-0.4, -0.2) is 6.54 Å². The van der Waals surface area contributed by atoms with E-state index in [0.717, 1.165) is 13.1 Å². The first-order valence-electron chi connectivity index (χ1n) is 7.50. The second-order valence-electron chi connectivity index (χ2n) is 6.09. The lowest BCUT2D eigenvalue weighted by molar-refractivity contribution is 0.535. The van der Waals surface area contributed by atoms with E-state index in [-0.39, 0.29) is 0 Å². The molecule has 0 spiro atoms. The fourth-order valence-corrected chi connectivity index (χ4v) is 3.14. The van der Waals surface area contributed by atoms with Crippen molar-refractivity contribution in [3.63, 3.8) is 0 Å². The van der Waals surface area contributed by atoms with Gasteiger partial charge in [-0.15, -0.1) is 0 Å². The van der Waals surface area contributed by atoms with Crippen LogP contribution in [0.3, 0.4) is 0 Å². The summed E-state index contributed by atoms with van der Waals surface area (Å²) in [5, 5.41) is 3.63. The largest absolute Gasteiger partial charge is 0.312 e. The van der Waals surface area contributed by atoms with E-state index >= 15 is 0 Å². The highest BCUT2D eigenvalue weighted by Gasteiger charge is 2.24. The molecule has 0 fully saturated rings. The molecule has 1 aliphatic carbocycles. The molecule has 1 nitrogen and oxygen atoms in total. The van der Waals surface area contributed by atoms with Crippen molar-refractivity contribution in [1.82, 2.24) is 5.32 Å². The highest BCUT2D eigenvalue weighted by atomic mass is 14.9. The Balaban J connectivity index is 1.58. The molecule has 0 aromatic heterocycles. The van der Waals surface area contributed by atoms with Crippen molar-refractivity contribution in [1.29, 1.82) is 0 Å². The first-order chi connectivity index (χ1) is 9.65. The van der Waals surface area contributed by atoms with Crippen LogP contribution in [0.4, 0.5) is 0 Å². The summed E-state index contributed by atoms with van der Waals surface area (Å²) in [5.74, 6) is 0.707. The zero-order valence-electron chi connectivity index (χ0n) is 12.7.